The standard InChI is InChI=1S/C16H16BrNO2/c1-19-12-5-2-10(3-6-12)15-9-14(18)13-7-4-11(17)8-16(13)20-15/h2-8,14-15H,9,18H2,1H3. The van der Waals surface area contributed by atoms with Gasteiger partial charge in [0.15, 0.2) is 0 Å². The molecule has 3 nitrogen and oxygen atoms in total. The lowest BCUT2D eigenvalue weighted by molar-refractivity contribution is 0.161. The zero-order chi connectivity index (χ0) is 14.1. The van der Waals surface area contributed by atoms with Crippen molar-refractivity contribution in [2.75, 3.05) is 7.11 Å². The molecular formula is C16H16BrNO2. The lowest BCUT2D eigenvalue weighted by Crippen LogP contribution is -2.24. The smallest absolute Gasteiger partial charge is 0.126 e. The Morgan fingerprint density at radius 3 is 2.65 bits per heavy atom. The highest BCUT2D eigenvalue weighted by Crippen LogP contribution is 2.40. The van der Waals surface area contributed by atoms with Crippen LogP contribution in [0.15, 0.2) is 46.9 Å². The fraction of sp³-hybridized carbons (Fsp3) is 0.250. The van der Waals surface area contributed by atoms with Gasteiger partial charge in [-0.3, -0.25) is 0 Å². The molecule has 1 heterocycles. The van der Waals surface area contributed by atoms with E-state index in [-0.39, 0.29) is 12.1 Å². The van der Waals surface area contributed by atoms with Crippen LogP contribution in [0.25, 0.3) is 0 Å². The average molecular weight is 334 g/mol. The van der Waals surface area contributed by atoms with Gasteiger partial charge in [0.25, 0.3) is 0 Å². The zero-order valence-corrected chi connectivity index (χ0v) is 12.8. The van der Waals surface area contributed by atoms with Gasteiger partial charge in [-0.1, -0.05) is 34.1 Å². The predicted octanol–water partition coefficient (Wildman–Crippen LogP) is 3.98. The average Bonchev–Trinajstić information content (AvgIpc) is 2.46. The van der Waals surface area contributed by atoms with Crippen LogP contribution in [-0.4, -0.2) is 7.11 Å². The van der Waals surface area contributed by atoms with Crippen molar-refractivity contribution < 1.29 is 9.47 Å². The van der Waals surface area contributed by atoms with E-state index in [0.29, 0.717) is 0 Å². The number of ether oxygens (including phenoxy) is 2. The van der Waals surface area contributed by atoms with Crippen molar-refractivity contribution in [2.24, 2.45) is 5.73 Å². The van der Waals surface area contributed by atoms with Gasteiger partial charge in [0.1, 0.15) is 17.6 Å². The van der Waals surface area contributed by atoms with E-state index in [1.54, 1.807) is 7.11 Å². The molecule has 0 aliphatic carbocycles. The molecular weight excluding hydrogens is 318 g/mol. The Balaban J connectivity index is 1.89. The first-order valence-electron chi connectivity index (χ1n) is 6.53. The summed E-state index contributed by atoms with van der Waals surface area (Å²) >= 11 is 3.47. The number of hydrogen-bond donors (Lipinski definition) is 1. The summed E-state index contributed by atoms with van der Waals surface area (Å²) in [5.74, 6) is 1.70. The lowest BCUT2D eigenvalue weighted by atomic mass is 9.93. The van der Waals surface area contributed by atoms with Crippen LogP contribution in [0.2, 0.25) is 0 Å². The highest BCUT2D eigenvalue weighted by atomic mass is 79.9. The minimum Gasteiger partial charge on any atom is -0.497 e. The summed E-state index contributed by atoms with van der Waals surface area (Å²) in [6.45, 7) is 0. The topological polar surface area (TPSA) is 44.5 Å². The molecule has 20 heavy (non-hydrogen) atoms. The molecule has 4 heteroatoms. The Hall–Kier alpha value is -1.52. The third-order valence-electron chi connectivity index (χ3n) is 3.60. The summed E-state index contributed by atoms with van der Waals surface area (Å²) in [4.78, 5) is 0. The summed E-state index contributed by atoms with van der Waals surface area (Å²) in [5, 5.41) is 0. The molecule has 2 aromatic rings. The molecule has 3 rings (SSSR count). The van der Waals surface area contributed by atoms with Crippen molar-refractivity contribution in [3.8, 4) is 11.5 Å². The first-order chi connectivity index (χ1) is 9.67. The van der Waals surface area contributed by atoms with Gasteiger partial charge in [-0.2, -0.15) is 0 Å². The molecule has 1 aliphatic heterocycles. The van der Waals surface area contributed by atoms with Crippen LogP contribution >= 0.6 is 15.9 Å². The van der Waals surface area contributed by atoms with Gasteiger partial charge in [-0.25, -0.2) is 0 Å². The first kappa shape index (κ1) is 13.5. The van der Waals surface area contributed by atoms with Crippen LogP contribution in [0.5, 0.6) is 11.5 Å². The molecule has 0 bridgehead atoms. The van der Waals surface area contributed by atoms with E-state index in [0.717, 1.165) is 33.5 Å². The molecule has 2 atom stereocenters. The largest absolute Gasteiger partial charge is 0.497 e. The number of hydrogen-bond acceptors (Lipinski definition) is 3. The minimum absolute atomic E-state index is 0.000971. The van der Waals surface area contributed by atoms with Crippen LogP contribution in [0.1, 0.15) is 29.7 Å². The van der Waals surface area contributed by atoms with Gasteiger partial charge < -0.3 is 15.2 Å². The molecule has 0 aromatic heterocycles. The Bertz CT molecular complexity index is 612. The molecule has 2 unspecified atom stereocenters. The third-order valence-corrected chi connectivity index (χ3v) is 4.09. The van der Waals surface area contributed by atoms with Crippen molar-refractivity contribution in [2.45, 2.75) is 18.6 Å². The maximum absolute atomic E-state index is 6.26. The zero-order valence-electron chi connectivity index (χ0n) is 11.2. The van der Waals surface area contributed by atoms with E-state index in [9.17, 15) is 0 Å². The van der Waals surface area contributed by atoms with Crippen molar-refractivity contribution in [1.29, 1.82) is 0 Å². The van der Waals surface area contributed by atoms with E-state index in [1.807, 2.05) is 42.5 Å². The molecule has 0 spiro atoms. The Kier molecular flexibility index (Phi) is 3.68. The molecule has 0 amide bonds. The third kappa shape index (κ3) is 2.53. The van der Waals surface area contributed by atoms with Gasteiger partial charge >= 0.3 is 0 Å². The van der Waals surface area contributed by atoms with Crippen molar-refractivity contribution in [1.82, 2.24) is 0 Å². The highest BCUT2D eigenvalue weighted by molar-refractivity contribution is 9.10. The highest BCUT2D eigenvalue weighted by Gasteiger charge is 2.27. The van der Waals surface area contributed by atoms with Crippen LogP contribution in [0.4, 0.5) is 0 Å². The second-order valence-corrected chi connectivity index (χ2v) is 5.82. The molecule has 0 saturated heterocycles. The fourth-order valence-electron chi connectivity index (χ4n) is 2.50. The molecule has 1 aliphatic rings. The molecule has 0 saturated carbocycles. The summed E-state index contributed by atoms with van der Waals surface area (Å²) in [5.41, 5.74) is 8.45. The van der Waals surface area contributed by atoms with E-state index >= 15 is 0 Å². The van der Waals surface area contributed by atoms with Gasteiger partial charge in [-0.05, 0) is 29.8 Å². The molecule has 0 fully saturated rings. The number of fused-ring (bicyclic) bond motifs is 1. The number of methoxy groups -OCH3 is 1. The first-order valence-corrected chi connectivity index (χ1v) is 7.32. The van der Waals surface area contributed by atoms with E-state index < -0.39 is 0 Å². The minimum atomic E-state index is -0.0160. The second-order valence-electron chi connectivity index (χ2n) is 4.90. The summed E-state index contributed by atoms with van der Waals surface area (Å²) in [6.07, 6.45) is 0.763. The molecule has 2 N–H and O–H groups in total. The lowest BCUT2D eigenvalue weighted by Gasteiger charge is -2.30. The number of nitrogens with two attached hydrogens (primary N) is 1. The Labute approximate surface area is 126 Å². The maximum Gasteiger partial charge on any atom is 0.126 e. The quantitative estimate of drug-likeness (QED) is 0.903. The van der Waals surface area contributed by atoms with E-state index in [2.05, 4.69) is 15.9 Å². The molecule has 0 radical (unpaired) electrons. The van der Waals surface area contributed by atoms with Crippen molar-refractivity contribution in [3.63, 3.8) is 0 Å². The fourth-order valence-corrected chi connectivity index (χ4v) is 2.84. The van der Waals surface area contributed by atoms with Gasteiger partial charge in [0.05, 0.1) is 7.11 Å². The van der Waals surface area contributed by atoms with Crippen LogP contribution in [0.3, 0.4) is 0 Å². The van der Waals surface area contributed by atoms with Crippen molar-refractivity contribution in [3.05, 3.63) is 58.1 Å². The number of halogens is 1. The number of benzene rings is 2. The molecule has 2 aromatic carbocycles. The predicted molar refractivity (Wildman–Crippen MR) is 82.1 cm³/mol. The Morgan fingerprint density at radius 2 is 1.95 bits per heavy atom. The number of rotatable bonds is 2. The summed E-state index contributed by atoms with van der Waals surface area (Å²) in [7, 11) is 1.66. The van der Waals surface area contributed by atoms with E-state index in [1.165, 1.54) is 0 Å². The van der Waals surface area contributed by atoms with Gasteiger partial charge in [-0.15, -0.1) is 0 Å². The SMILES string of the molecule is COc1ccc(C2CC(N)c3ccc(Br)cc3O2)cc1. The molecule has 104 valence electrons. The van der Waals surface area contributed by atoms with Crippen LogP contribution in [-0.2, 0) is 0 Å². The second kappa shape index (κ2) is 5.46. The Morgan fingerprint density at radius 1 is 1.20 bits per heavy atom. The van der Waals surface area contributed by atoms with E-state index in [4.69, 9.17) is 15.2 Å². The maximum atomic E-state index is 6.26. The summed E-state index contributed by atoms with van der Waals surface area (Å²) < 4.78 is 12.3. The van der Waals surface area contributed by atoms with Gasteiger partial charge in [0.2, 0.25) is 0 Å². The normalized spacial score (nSPS) is 20.9. The van der Waals surface area contributed by atoms with Crippen molar-refractivity contribution >= 4 is 15.9 Å². The van der Waals surface area contributed by atoms with Gasteiger partial charge in [0, 0.05) is 22.5 Å². The van der Waals surface area contributed by atoms with Crippen LogP contribution in [0, 0.1) is 0 Å². The van der Waals surface area contributed by atoms with Crippen LogP contribution < -0.4 is 15.2 Å². The summed E-state index contributed by atoms with van der Waals surface area (Å²) in [6, 6.07) is 13.9. The monoisotopic (exact) mass is 333 g/mol.